The van der Waals surface area contributed by atoms with Crippen LogP contribution in [0.2, 0.25) is 0 Å². The van der Waals surface area contributed by atoms with E-state index in [9.17, 15) is 0 Å². The fourth-order valence-corrected chi connectivity index (χ4v) is 8.63. The number of rotatable bonds is 6. The molecule has 0 amide bonds. The molecule has 0 bridgehead atoms. The molecule has 276 valence electrons. The standard InChI is InChI=1S/C54H33N3O2/c1-2-8-37-29-38(14-13-34(37)7-1)39-21-27-45-40(30-39)15-16-41-31-44(26-28-46(41)45)57(43-24-19-36(20-25-43)54-56-49-10-4-6-12-51(49)59-54)42-22-17-35(18-23-42)48-32-55-33-52-53(48)47-9-3-5-11-50(47)58-52/h1-33H. The largest absolute Gasteiger partial charge is 0.454 e. The third-order valence-electron chi connectivity index (χ3n) is 11.6. The second-order valence-electron chi connectivity index (χ2n) is 15.0. The second kappa shape index (κ2) is 13.3. The fourth-order valence-electron chi connectivity index (χ4n) is 8.63. The maximum atomic E-state index is 6.17. The lowest BCUT2D eigenvalue weighted by atomic mass is 9.96. The summed E-state index contributed by atoms with van der Waals surface area (Å²) >= 11 is 0. The molecule has 0 aliphatic rings. The minimum atomic E-state index is 0.601. The molecule has 0 saturated heterocycles. The predicted molar refractivity (Wildman–Crippen MR) is 243 cm³/mol. The SMILES string of the molecule is c1ccc2cc(-c3ccc4c(ccc5cc(N(c6ccc(-c7nc8ccccc8o7)cc6)c6ccc(-c7cncc8oc9ccccc9c78)cc6)ccc54)c3)ccc2c1. The number of hydrogen-bond acceptors (Lipinski definition) is 5. The van der Waals surface area contributed by atoms with Gasteiger partial charge in [-0.05, 0) is 128 Å². The van der Waals surface area contributed by atoms with Crippen LogP contribution in [-0.4, -0.2) is 9.97 Å². The van der Waals surface area contributed by atoms with E-state index in [4.69, 9.17) is 13.8 Å². The highest BCUT2D eigenvalue weighted by Gasteiger charge is 2.18. The van der Waals surface area contributed by atoms with Crippen molar-refractivity contribution in [1.29, 1.82) is 0 Å². The molecule has 5 nitrogen and oxygen atoms in total. The van der Waals surface area contributed by atoms with Crippen molar-refractivity contribution in [1.82, 2.24) is 9.97 Å². The summed E-state index contributed by atoms with van der Waals surface area (Å²) in [6.07, 6.45) is 3.73. The molecule has 0 fully saturated rings. The van der Waals surface area contributed by atoms with Crippen LogP contribution in [0.3, 0.4) is 0 Å². The summed E-state index contributed by atoms with van der Waals surface area (Å²) in [6.45, 7) is 0. The lowest BCUT2D eigenvalue weighted by Crippen LogP contribution is -2.09. The number of hydrogen-bond donors (Lipinski definition) is 0. The number of aromatic nitrogens is 2. The van der Waals surface area contributed by atoms with E-state index in [1.807, 2.05) is 48.7 Å². The average molecular weight is 756 g/mol. The van der Waals surface area contributed by atoms with Gasteiger partial charge in [-0.25, -0.2) is 4.98 Å². The summed E-state index contributed by atoms with van der Waals surface area (Å²) in [5.74, 6) is 0.601. The van der Waals surface area contributed by atoms with Crippen molar-refractivity contribution in [3.8, 4) is 33.7 Å². The van der Waals surface area contributed by atoms with Crippen LogP contribution < -0.4 is 4.90 Å². The lowest BCUT2D eigenvalue weighted by Gasteiger charge is -2.26. The molecule has 0 radical (unpaired) electrons. The molecule has 0 aliphatic carbocycles. The zero-order valence-electron chi connectivity index (χ0n) is 31.7. The first-order chi connectivity index (χ1) is 29.2. The highest BCUT2D eigenvalue weighted by atomic mass is 16.3. The van der Waals surface area contributed by atoms with Gasteiger partial charge in [-0.1, -0.05) is 109 Å². The molecule has 59 heavy (non-hydrogen) atoms. The molecule has 5 heteroatoms. The molecule has 12 rings (SSSR count). The van der Waals surface area contributed by atoms with Crippen LogP contribution in [0, 0.1) is 0 Å². The highest BCUT2D eigenvalue weighted by Crippen LogP contribution is 2.41. The van der Waals surface area contributed by atoms with Gasteiger partial charge in [0.2, 0.25) is 5.89 Å². The zero-order chi connectivity index (χ0) is 38.9. The Bertz CT molecular complexity index is 3530. The van der Waals surface area contributed by atoms with E-state index in [-0.39, 0.29) is 0 Å². The average Bonchev–Trinajstić information content (AvgIpc) is 3.91. The smallest absolute Gasteiger partial charge is 0.227 e. The van der Waals surface area contributed by atoms with Gasteiger partial charge >= 0.3 is 0 Å². The topological polar surface area (TPSA) is 55.3 Å². The first-order valence-corrected chi connectivity index (χ1v) is 19.8. The summed E-state index contributed by atoms with van der Waals surface area (Å²) in [6, 6.07) is 66.5. The minimum Gasteiger partial charge on any atom is -0.454 e. The molecule has 12 aromatic rings. The molecule has 0 aliphatic heterocycles. The Morgan fingerprint density at radius 2 is 0.966 bits per heavy atom. The van der Waals surface area contributed by atoms with Crippen molar-refractivity contribution in [2.45, 2.75) is 0 Å². The highest BCUT2D eigenvalue weighted by molar-refractivity contribution is 6.12. The minimum absolute atomic E-state index is 0.601. The molecular weight excluding hydrogens is 723 g/mol. The second-order valence-corrected chi connectivity index (χ2v) is 15.0. The number of pyridine rings is 1. The Labute approximate surface area is 339 Å². The van der Waals surface area contributed by atoms with Gasteiger partial charge in [0.1, 0.15) is 11.1 Å². The Morgan fingerprint density at radius 1 is 0.373 bits per heavy atom. The van der Waals surface area contributed by atoms with E-state index in [1.165, 1.54) is 43.4 Å². The van der Waals surface area contributed by atoms with Crippen LogP contribution in [0.5, 0.6) is 0 Å². The van der Waals surface area contributed by atoms with Crippen LogP contribution in [0.1, 0.15) is 0 Å². The normalized spacial score (nSPS) is 11.7. The number of nitrogens with zero attached hydrogens (tertiary/aromatic N) is 3. The van der Waals surface area contributed by atoms with Crippen LogP contribution >= 0.6 is 0 Å². The Hall–Kier alpha value is -8.02. The van der Waals surface area contributed by atoms with E-state index < -0.39 is 0 Å². The third-order valence-corrected chi connectivity index (χ3v) is 11.6. The summed E-state index contributed by atoms with van der Waals surface area (Å²) in [5, 5.41) is 9.48. The van der Waals surface area contributed by atoms with Gasteiger partial charge < -0.3 is 13.7 Å². The van der Waals surface area contributed by atoms with E-state index in [0.717, 1.165) is 66.8 Å². The van der Waals surface area contributed by atoms with Gasteiger partial charge in [-0.3, -0.25) is 4.98 Å². The van der Waals surface area contributed by atoms with E-state index in [2.05, 4.69) is 155 Å². The molecule has 0 unspecified atom stereocenters. The van der Waals surface area contributed by atoms with Gasteiger partial charge in [-0.2, -0.15) is 0 Å². The Morgan fingerprint density at radius 3 is 1.76 bits per heavy atom. The maximum Gasteiger partial charge on any atom is 0.227 e. The molecule has 9 aromatic carbocycles. The molecule has 3 aromatic heterocycles. The van der Waals surface area contributed by atoms with Crippen LogP contribution in [0.4, 0.5) is 17.1 Å². The molecule has 3 heterocycles. The van der Waals surface area contributed by atoms with Crippen molar-refractivity contribution in [3.05, 3.63) is 200 Å². The number of benzene rings is 9. The van der Waals surface area contributed by atoms with Crippen molar-refractivity contribution in [3.63, 3.8) is 0 Å². The Balaban J connectivity index is 0.950. The third kappa shape index (κ3) is 5.63. The van der Waals surface area contributed by atoms with E-state index in [0.29, 0.717) is 5.89 Å². The van der Waals surface area contributed by atoms with Crippen LogP contribution in [0.15, 0.2) is 209 Å². The predicted octanol–water partition coefficient (Wildman–Crippen LogP) is 15.1. The van der Waals surface area contributed by atoms with Gasteiger partial charge in [-0.15, -0.1) is 0 Å². The summed E-state index contributed by atoms with van der Waals surface area (Å²) in [5.41, 5.74) is 11.8. The molecule has 0 saturated carbocycles. The number of anilines is 3. The lowest BCUT2D eigenvalue weighted by molar-refractivity contribution is 0.620. The fraction of sp³-hybridized carbons (Fsp3) is 0. The number of fused-ring (bicyclic) bond motifs is 8. The van der Waals surface area contributed by atoms with Gasteiger partial charge in [0.25, 0.3) is 0 Å². The van der Waals surface area contributed by atoms with Crippen molar-refractivity contribution in [2.24, 2.45) is 0 Å². The number of furan rings is 1. The van der Waals surface area contributed by atoms with Crippen LogP contribution in [0.25, 0.3) is 99.1 Å². The number of para-hydroxylation sites is 3. The Kier molecular flexibility index (Phi) is 7.47. The van der Waals surface area contributed by atoms with Crippen molar-refractivity contribution in [2.75, 3.05) is 4.90 Å². The molecular formula is C54H33N3O2. The molecule has 0 spiro atoms. The zero-order valence-corrected chi connectivity index (χ0v) is 31.7. The van der Waals surface area contributed by atoms with E-state index in [1.54, 1.807) is 6.20 Å². The first kappa shape index (κ1) is 33.2. The number of oxazole rings is 1. The summed E-state index contributed by atoms with van der Waals surface area (Å²) in [4.78, 5) is 11.6. The van der Waals surface area contributed by atoms with Crippen molar-refractivity contribution < 1.29 is 8.83 Å². The van der Waals surface area contributed by atoms with Gasteiger partial charge in [0.05, 0.1) is 6.20 Å². The van der Waals surface area contributed by atoms with E-state index >= 15 is 0 Å². The molecule has 0 atom stereocenters. The van der Waals surface area contributed by atoms with Crippen LogP contribution in [-0.2, 0) is 0 Å². The monoisotopic (exact) mass is 755 g/mol. The van der Waals surface area contributed by atoms with Gasteiger partial charge in [0, 0.05) is 45.2 Å². The van der Waals surface area contributed by atoms with Crippen molar-refractivity contribution >= 4 is 82.4 Å². The first-order valence-electron chi connectivity index (χ1n) is 19.8. The van der Waals surface area contributed by atoms with Gasteiger partial charge in [0.15, 0.2) is 11.2 Å². The maximum absolute atomic E-state index is 6.17. The summed E-state index contributed by atoms with van der Waals surface area (Å²) < 4.78 is 12.3. The quantitative estimate of drug-likeness (QED) is 0.158. The molecule has 0 N–H and O–H groups in total. The summed E-state index contributed by atoms with van der Waals surface area (Å²) in [7, 11) is 0.